The molecule has 0 aromatic heterocycles. The number of carbonyl (C=O) groups is 2. The molecule has 10 heteroatoms. The number of amides is 2. The minimum atomic E-state index is -2.45. The molecule has 1 N–H and O–H groups in total. The highest BCUT2D eigenvalue weighted by atomic mass is 28.4. The summed E-state index contributed by atoms with van der Waals surface area (Å²) in [5.41, 5.74) is 2.28. The molecule has 2 amide bonds. The van der Waals surface area contributed by atoms with Gasteiger partial charge in [-0.2, -0.15) is 0 Å². The maximum absolute atomic E-state index is 14.6. The number of nitrogens with zero attached hydrogens (tertiary/aromatic N) is 2. The molecule has 0 unspecified atom stereocenters. The summed E-state index contributed by atoms with van der Waals surface area (Å²) in [6.07, 6.45) is 6.77. The number of anilines is 1. The van der Waals surface area contributed by atoms with E-state index in [4.69, 9.17) is 13.6 Å². The third-order valence-electron chi connectivity index (χ3n) is 9.57. The average molecular weight is 659 g/mol. The summed E-state index contributed by atoms with van der Waals surface area (Å²) >= 11 is 0. The Morgan fingerprint density at radius 3 is 2.11 bits per heavy atom. The van der Waals surface area contributed by atoms with Crippen LogP contribution in [-0.2, 0) is 4.43 Å². The molecule has 0 radical (unpaired) electrons. The van der Waals surface area contributed by atoms with Crippen molar-refractivity contribution in [3.05, 3.63) is 54.3 Å². The first kappa shape index (κ1) is 38.4. The van der Waals surface area contributed by atoms with E-state index in [0.29, 0.717) is 24.5 Å². The lowest BCUT2D eigenvalue weighted by atomic mass is 10.1. The minimum absolute atomic E-state index is 0.0000682. The number of carbonyl (C=O) groups excluding carboxylic acids is 1. The van der Waals surface area contributed by atoms with E-state index in [9.17, 15) is 14.7 Å². The summed E-state index contributed by atoms with van der Waals surface area (Å²) in [6.45, 7) is 30.2. The fraction of sp³-hybridized carbons (Fsp3) is 0.600. The molecular weight excluding hydrogens is 601 g/mol. The standard InChI is InChI=1S/C35H58N2O6Si2/c1-15-17-27-19-28(23-42-44(13,14)35(9,10)11)37(22-27)33(38)29-20-31(41-12)32(21-30(29)36(18-16-2)34(39)40)43-45(24(3)4,25(5)6)26(7)8/h15-17,20-22,24-26,28H,2,18-19,23H2,1,3-14H3,(H,39,40)/b17-15+/t28-/m0/s1. The van der Waals surface area contributed by atoms with E-state index in [1.165, 1.54) is 6.08 Å². The summed E-state index contributed by atoms with van der Waals surface area (Å²) in [4.78, 5) is 30.0. The van der Waals surface area contributed by atoms with Gasteiger partial charge in [-0.1, -0.05) is 80.5 Å². The maximum atomic E-state index is 14.6. The van der Waals surface area contributed by atoms with Crippen LogP contribution in [0.25, 0.3) is 0 Å². The first-order valence-corrected chi connectivity index (χ1v) is 21.2. The first-order valence-electron chi connectivity index (χ1n) is 16.1. The number of ether oxygens (including phenoxy) is 1. The Morgan fingerprint density at radius 1 is 1.09 bits per heavy atom. The number of methoxy groups -OCH3 is 1. The van der Waals surface area contributed by atoms with E-state index in [1.807, 2.05) is 25.3 Å². The highest BCUT2D eigenvalue weighted by molar-refractivity contribution is 6.78. The van der Waals surface area contributed by atoms with Crippen LogP contribution in [0.1, 0.15) is 86.0 Å². The highest BCUT2D eigenvalue weighted by Crippen LogP contribution is 2.47. The molecule has 8 nitrogen and oxygen atoms in total. The zero-order valence-corrected chi connectivity index (χ0v) is 32.0. The molecule has 1 atom stereocenters. The maximum Gasteiger partial charge on any atom is 0.412 e. The number of hydrogen-bond acceptors (Lipinski definition) is 5. The lowest BCUT2D eigenvalue weighted by Gasteiger charge is -2.42. The summed E-state index contributed by atoms with van der Waals surface area (Å²) in [7, 11) is -3.00. The van der Waals surface area contributed by atoms with Gasteiger partial charge in [-0.15, -0.1) is 6.58 Å². The van der Waals surface area contributed by atoms with Crippen molar-refractivity contribution in [1.29, 1.82) is 0 Å². The second-order valence-electron chi connectivity index (χ2n) is 14.5. The van der Waals surface area contributed by atoms with Crippen LogP contribution < -0.4 is 14.1 Å². The largest absolute Gasteiger partial charge is 0.540 e. The monoisotopic (exact) mass is 658 g/mol. The minimum Gasteiger partial charge on any atom is -0.540 e. The molecule has 0 spiro atoms. The predicted molar refractivity (Wildman–Crippen MR) is 191 cm³/mol. The number of allylic oxidation sites excluding steroid dienone is 2. The fourth-order valence-corrected chi connectivity index (χ4v) is 12.5. The van der Waals surface area contributed by atoms with Crippen molar-refractivity contribution in [1.82, 2.24) is 4.90 Å². The molecule has 1 aliphatic heterocycles. The van der Waals surface area contributed by atoms with Gasteiger partial charge in [0.1, 0.15) is 5.75 Å². The Morgan fingerprint density at radius 2 is 1.67 bits per heavy atom. The zero-order chi connectivity index (χ0) is 34.5. The quantitative estimate of drug-likeness (QED) is 0.158. The van der Waals surface area contributed by atoms with Crippen LogP contribution in [0.3, 0.4) is 0 Å². The molecular formula is C35H58N2O6Si2. The van der Waals surface area contributed by atoms with Gasteiger partial charge < -0.3 is 23.6 Å². The predicted octanol–water partition coefficient (Wildman–Crippen LogP) is 9.62. The van der Waals surface area contributed by atoms with E-state index in [2.05, 4.69) is 82.0 Å². The lowest BCUT2D eigenvalue weighted by molar-refractivity contribution is 0.0738. The summed E-state index contributed by atoms with van der Waals surface area (Å²) < 4.78 is 19.4. The Balaban J connectivity index is 2.78. The number of carboxylic acid groups (broad SMARTS) is 1. The van der Waals surface area contributed by atoms with Gasteiger partial charge in [0, 0.05) is 18.8 Å². The normalized spacial score (nSPS) is 16.1. The van der Waals surface area contributed by atoms with E-state index >= 15 is 0 Å². The molecule has 0 aliphatic carbocycles. The Labute approximate surface area is 274 Å². The van der Waals surface area contributed by atoms with Crippen molar-refractivity contribution in [3.63, 3.8) is 0 Å². The van der Waals surface area contributed by atoms with Crippen molar-refractivity contribution >= 4 is 34.3 Å². The molecule has 1 aliphatic rings. The van der Waals surface area contributed by atoms with Crippen LogP contribution in [-0.4, -0.2) is 64.9 Å². The molecule has 0 bridgehead atoms. The van der Waals surface area contributed by atoms with Gasteiger partial charge in [0.25, 0.3) is 14.2 Å². The molecule has 2 rings (SSSR count). The van der Waals surface area contributed by atoms with Crippen LogP contribution in [0, 0.1) is 0 Å². The molecule has 0 fully saturated rings. The smallest absolute Gasteiger partial charge is 0.412 e. The third-order valence-corrected chi connectivity index (χ3v) is 20.1. The van der Waals surface area contributed by atoms with Gasteiger partial charge in [-0.05, 0) is 59.7 Å². The summed E-state index contributed by atoms with van der Waals surface area (Å²) in [5.74, 6) is 0.524. The van der Waals surface area contributed by atoms with E-state index in [0.717, 1.165) is 10.5 Å². The van der Waals surface area contributed by atoms with Gasteiger partial charge in [0.05, 0.1) is 31.0 Å². The van der Waals surface area contributed by atoms with Crippen LogP contribution in [0.4, 0.5) is 10.5 Å². The molecule has 252 valence electrons. The summed E-state index contributed by atoms with van der Waals surface area (Å²) in [6, 6.07) is 3.07. The van der Waals surface area contributed by atoms with Crippen LogP contribution in [0.5, 0.6) is 11.5 Å². The average Bonchev–Trinajstić information content (AvgIpc) is 3.34. The van der Waals surface area contributed by atoms with Gasteiger partial charge in [-0.3, -0.25) is 9.69 Å². The Bertz CT molecular complexity index is 1260. The molecule has 1 aromatic rings. The third kappa shape index (κ3) is 8.31. The Hall–Kier alpha value is -2.83. The second-order valence-corrected chi connectivity index (χ2v) is 24.7. The van der Waals surface area contributed by atoms with Crippen LogP contribution in [0.2, 0.25) is 34.8 Å². The zero-order valence-electron chi connectivity index (χ0n) is 30.0. The molecule has 45 heavy (non-hydrogen) atoms. The SMILES string of the molecule is C=CCN(C(=O)O)c1cc(O[Si](C(C)C)(C(C)C)C(C)C)c(OC)cc1C(=O)N1C=C(/C=C/C)C[C@H]1CO[Si](C)(C)C(C)(C)C. The molecule has 1 aromatic carbocycles. The number of benzene rings is 1. The Kier molecular flexibility index (Phi) is 12.9. The second kappa shape index (κ2) is 15.2. The molecule has 0 saturated carbocycles. The van der Waals surface area contributed by atoms with Crippen molar-refractivity contribution < 1.29 is 28.3 Å². The van der Waals surface area contributed by atoms with Crippen molar-refractivity contribution in [2.45, 2.75) is 116 Å². The van der Waals surface area contributed by atoms with Crippen molar-refractivity contribution in [2.75, 3.05) is 25.2 Å². The van der Waals surface area contributed by atoms with Gasteiger partial charge in [0.2, 0.25) is 0 Å². The van der Waals surface area contributed by atoms with E-state index < -0.39 is 22.7 Å². The molecule has 0 saturated heterocycles. The van der Waals surface area contributed by atoms with E-state index in [1.54, 1.807) is 24.1 Å². The fourth-order valence-electron chi connectivity index (χ4n) is 6.19. The number of hydrogen-bond donors (Lipinski definition) is 1. The topological polar surface area (TPSA) is 88.5 Å². The van der Waals surface area contributed by atoms with Gasteiger partial charge in [-0.25, -0.2) is 4.79 Å². The van der Waals surface area contributed by atoms with Crippen LogP contribution in [0.15, 0.2) is 48.7 Å². The number of rotatable bonds is 14. The molecule has 1 heterocycles. The van der Waals surface area contributed by atoms with Gasteiger partial charge in [0.15, 0.2) is 14.1 Å². The first-order chi connectivity index (χ1) is 20.8. The lowest BCUT2D eigenvalue weighted by Crippen LogP contribution is -2.50. The van der Waals surface area contributed by atoms with Crippen molar-refractivity contribution in [3.8, 4) is 11.5 Å². The van der Waals surface area contributed by atoms with E-state index in [-0.39, 0.29) is 51.4 Å². The van der Waals surface area contributed by atoms with Crippen LogP contribution >= 0.6 is 0 Å². The highest BCUT2D eigenvalue weighted by Gasteiger charge is 2.48. The summed E-state index contributed by atoms with van der Waals surface area (Å²) in [5, 5.41) is 10.3. The van der Waals surface area contributed by atoms with Crippen molar-refractivity contribution in [2.24, 2.45) is 0 Å². The van der Waals surface area contributed by atoms with Gasteiger partial charge >= 0.3 is 6.09 Å².